The lowest BCUT2D eigenvalue weighted by molar-refractivity contribution is 0.141. The van der Waals surface area contributed by atoms with Crippen LogP contribution in [-0.2, 0) is 11.8 Å². The van der Waals surface area contributed by atoms with E-state index >= 15 is 0 Å². The Hall–Kier alpha value is -1.00. The van der Waals surface area contributed by atoms with Crippen LogP contribution in [0.2, 0.25) is 0 Å². The molecule has 1 aromatic rings. The SMILES string of the molecule is C=CC(C)CC1Oc2c(OC)cc(Br)c(CCNC)c2C1(C)C.CC. The molecular formula is C21H34BrNO2. The van der Waals surface area contributed by atoms with Gasteiger partial charge in [0.2, 0.25) is 0 Å². The molecule has 1 aromatic carbocycles. The Morgan fingerprint density at radius 1 is 1.44 bits per heavy atom. The van der Waals surface area contributed by atoms with Crippen LogP contribution in [0, 0.1) is 5.92 Å². The van der Waals surface area contributed by atoms with Crippen LogP contribution in [0.4, 0.5) is 0 Å². The van der Waals surface area contributed by atoms with Gasteiger partial charge in [0.1, 0.15) is 6.10 Å². The minimum atomic E-state index is -0.0628. The van der Waals surface area contributed by atoms with Crippen LogP contribution in [0.5, 0.6) is 11.5 Å². The van der Waals surface area contributed by atoms with Gasteiger partial charge in [0.05, 0.1) is 7.11 Å². The van der Waals surface area contributed by atoms with E-state index in [1.54, 1.807) is 7.11 Å². The maximum atomic E-state index is 6.38. The lowest BCUT2D eigenvalue weighted by Gasteiger charge is -2.28. The second-order valence-corrected chi connectivity index (χ2v) is 7.73. The standard InChI is InChI=1S/C19H28BrNO2.C2H6/c1-7-12(2)10-16-19(3,4)17-13(8-9-21-5)14(20)11-15(22-6)18(17)23-16;1-2/h7,11-12,16,21H,1,8-10H2,2-6H3;1-2H3. The zero-order valence-corrected chi connectivity index (χ0v) is 18.4. The first-order chi connectivity index (χ1) is 11.9. The summed E-state index contributed by atoms with van der Waals surface area (Å²) in [5.74, 6) is 2.14. The van der Waals surface area contributed by atoms with Crippen molar-refractivity contribution < 1.29 is 9.47 Å². The van der Waals surface area contributed by atoms with E-state index in [0.29, 0.717) is 5.92 Å². The zero-order chi connectivity index (χ0) is 19.2. The van der Waals surface area contributed by atoms with Gasteiger partial charge in [-0.1, -0.05) is 56.6 Å². The van der Waals surface area contributed by atoms with E-state index in [-0.39, 0.29) is 11.5 Å². The Labute approximate surface area is 162 Å². The maximum Gasteiger partial charge on any atom is 0.165 e. The zero-order valence-electron chi connectivity index (χ0n) is 16.8. The normalized spacial score (nSPS) is 18.5. The van der Waals surface area contributed by atoms with Crippen LogP contribution in [0.15, 0.2) is 23.2 Å². The van der Waals surface area contributed by atoms with Gasteiger partial charge in [-0.15, -0.1) is 6.58 Å². The van der Waals surface area contributed by atoms with E-state index in [1.807, 2.05) is 33.0 Å². The number of halogens is 1. The van der Waals surface area contributed by atoms with Gasteiger partial charge in [-0.25, -0.2) is 0 Å². The number of benzene rings is 1. The van der Waals surface area contributed by atoms with Crippen molar-refractivity contribution in [3.63, 3.8) is 0 Å². The van der Waals surface area contributed by atoms with Crippen LogP contribution in [-0.4, -0.2) is 26.8 Å². The fourth-order valence-electron chi connectivity index (χ4n) is 3.32. The summed E-state index contributed by atoms with van der Waals surface area (Å²) in [5.41, 5.74) is 2.53. The van der Waals surface area contributed by atoms with Gasteiger partial charge in [0.25, 0.3) is 0 Å². The van der Waals surface area contributed by atoms with E-state index in [0.717, 1.165) is 35.4 Å². The topological polar surface area (TPSA) is 30.5 Å². The summed E-state index contributed by atoms with van der Waals surface area (Å²) in [6, 6.07) is 2.03. The lowest BCUT2D eigenvalue weighted by atomic mass is 9.75. The minimum Gasteiger partial charge on any atom is -0.493 e. The van der Waals surface area contributed by atoms with E-state index < -0.39 is 0 Å². The van der Waals surface area contributed by atoms with Crippen LogP contribution >= 0.6 is 15.9 Å². The average molecular weight is 412 g/mol. The molecular weight excluding hydrogens is 378 g/mol. The molecule has 0 aliphatic carbocycles. The third-order valence-corrected chi connectivity index (χ3v) is 5.55. The number of rotatable bonds is 7. The van der Waals surface area contributed by atoms with Gasteiger partial charge in [-0.3, -0.25) is 0 Å². The molecule has 4 heteroatoms. The van der Waals surface area contributed by atoms with Crippen LogP contribution in [0.1, 0.15) is 52.2 Å². The lowest BCUT2D eigenvalue weighted by Crippen LogP contribution is -2.34. The number of hydrogen-bond acceptors (Lipinski definition) is 3. The van der Waals surface area contributed by atoms with Crippen LogP contribution < -0.4 is 14.8 Å². The number of methoxy groups -OCH3 is 1. The number of fused-ring (bicyclic) bond motifs is 1. The Kier molecular flexibility index (Phi) is 8.49. The van der Waals surface area contributed by atoms with Crippen molar-refractivity contribution in [2.24, 2.45) is 5.92 Å². The Morgan fingerprint density at radius 2 is 2.08 bits per heavy atom. The molecule has 2 atom stereocenters. The van der Waals surface area contributed by atoms with Crippen molar-refractivity contribution >= 4 is 15.9 Å². The monoisotopic (exact) mass is 411 g/mol. The second kappa shape index (κ2) is 9.63. The van der Waals surface area contributed by atoms with Gasteiger partial charge in [-0.2, -0.15) is 0 Å². The predicted molar refractivity (Wildman–Crippen MR) is 111 cm³/mol. The molecule has 0 bridgehead atoms. The van der Waals surface area contributed by atoms with Gasteiger partial charge in [-0.05, 0) is 44.0 Å². The third-order valence-electron chi connectivity index (χ3n) is 4.84. The number of allylic oxidation sites excluding steroid dienone is 1. The molecule has 3 nitrogen and oxygen atoms in total. The Balaban J connectivity index is 0.00000151. The first-order valence-corrected chi connectivity index (χ1v) is 9.99. The molecule has 0 amide bonds. The Morgan fingerprint density at radius 3 is 2.60 bits per heavy atom. The van der Waals surface area contributed by atoms with Crippen molar-refractivity contribution in [2.75, 3.05) is 20.7 Å². The molecule has 0 fully saturated rings. The number of hydrogen-bond donors (Lipinski definition) is 1. The molecule has 2 rings (SSSR count). The van der Waals surface area contributed by atoms with Crippen molar-refractivity contribution in [3.8, 4) is 11.5 Å². The van der Waals surface area contributed by atoms with Crippen molar-refractivity contribution in [2.45, 2.75) is 59.0 Å². The van der Waals surface area contributed by atoms with Crippen molar-refractivity contribution in [1.82, 2.24) is 5.32 Å². The van der Waals surface area contributed by atoms with Gasteiger partial charge >= 0.3 is 0 Å². The van der Waals surface area contributed by atoms with E-state index in [4.69, 9.17) is 9.47 Å². The third kappa shape index (κ3) is 4.59. The molecule has 25 heavy (non-hydrogen) atoms. The quantitative estimate of drug-likeness (QED) is 0.600. The molecule has 0 saturated heterocycles. The molecule has 1 aliphatic rings. The van der Waals surface area contributed by atoms with E-state index in [2.05, 4.69) is 48.6 Å². The molecule has 1 N–H and O–H groups in total. The molecule has 0 saturated carbocycles. The molecule has 1 heterocycles. The molecule has 0 spiro atoms. The smallest absolute Gasteiger partial charge is 0.165 e. The summed E-state index contributed by atoms with van der Waals surface area (Å²) in [6.07, 6.45) is 4.04. The van der Waals surface area contributed by atoms with Gasteiger partial charge < -0.3 is 14.8 Å². The maximum absolute atomic E-state index is 6.38. The minimum absolute atomic E-state index is 0.0628. The average Bonchev–Trinajstić information content (AvgIpc) is 2.86. The largest absolute Gasteiger partial charge is 0.493 e. The van der Waals surface area contributed by atoms with Crippen molar-refractivity contribution in [3.05, 3.63) is 34.3 Å². The summed E-state index contributed by atoms with van der Waals surface area (Å²) in [5, 5.41) is 3.24. The molecule has 1 aliphatic heterocycles. The second-order valence-electron chi connectivity index (χ2n) is 6.87. The molecule has 0 aromatic heterocycles. The summed E-state index contributed by atoms with van der Waals surface area (Å²) in [6.45, 7) is 15.6. The summed E-state index contributed by atoms with van der Waals surface area (Å²) < 4.78 is 13.1. The van der Waals surface area contributed by atoms with Gasteiger partial charge in [0, 0.05) is 15.5 Å². The predicted octanol–water partition coefficient (Wildman–Crippen LogP) is 5.50. The molecule has 142 valence electrons. The van der Waals surface area contributed by atoms with Crippen LogP contribution in [0.25, 0.3) is 0 Å². The highest BCUT2D eigenvalue weighted by Gasteiger charge is 2.45. The van der Waals surface area contributed by atoms with E-state index in [9.17, 15) is 0 Å². The first kappa shape index (κ1) is 22.0. The Bertz CT molecular complexity index is 584. The number of likely N-dealkylation sites (N-methyl/N-ethyl adjacent to an activating group) is 1. The fourth-order valence-corrected chi connectivity index (χ4v) is 3.92. The van der Waals surface area contributed by atoms with E-state index in [1.165, 1.54) is 11.1 Å². The first-order valence-electron chi connectivity index (χ1n) is 9.20. The fraction of sp³-hybridized carbons (Fsp3) is 0.619. The number of ether oxygens (including phenoxy) is 2. The molecule has 2 unspecified atom stereocenters. The highest BCUT2D eigenvalue weighted by Crippen LogP contribution is 2.52. The van der Waals surface area contributed by atoms with Crippen LogP contribution in [0.3, 0.4) is 0 Å². The summed E-state index contributed by atoms with van der Waals surface area (Å²) in [7, 11) is 3.68. The summed E-state index contributed by atoms with van der Waals surface area (Å²) >= 11 is 3.73. The number of nitrogens with one attached hydrogen (secondary N) is 1. The van der Waals surface area contributed by atoms with Gasteiger partial charge in [0.15, 0.2) is 11.5 Å². The highest BCUT2D eigenvalue weighted by molar-refractivity contribution is 9.10. The summed E-state index contributed by atoms with van der Waals surface area (Å²) in [4.78, 5) is 0. The highest BCUT2D eigenvalue weighted by atomic mass is 79.9. The molecule has 0 radical (unpaired) electrons. The van der Waals surface area contributed by atoms with Crippen molar-refractivity contribution in [1.29, 1.82) is 0 Å².